The van der Waals surface area contributed by atoms with E-state index in [1.54, 1.807) is 0 Å². The first-order valence-corrected chi connectivity index (χ1v) is 6.45. The van der Waals surface area contributed by atoms with Crippen molar-refractivity contribution >= 4 is 10.8 Å². The van der Waals surface area contributed by atoms with Gasteiger partial charge in [0.1, 0.15) is 0 Å². The Balaban J connectivity index is 1.80. The fourth-order valence-corrected chi connectivity index (χ4v) is 2.69. The van der Waals surface area contributed by atoms with Crippen LogP contribution in [0.1, 0.15) is 18.4 Å². The fourth-order valence-electron chi connectivity index (χ4n) is 2.69. The summed E-state index contributed by atoms with van der Waals surface area (Å²) < 4.78 is 0. The van der Waals surface area contributed by atoms with E-state index >= 15 is 0 Å². The topological polar surface area (TPSA) is 24.9 Å². The molecule has 2 nitrogen and oxygen atoms in total. The molecule has 0 bridgehead atoms. The number of rotatable bonds is 2. The first-order valence-electron chi connectivity index (χ1n) is 6.45. The lowest BCUT2D eigenvalue weighted by Crippen LogP contribution is -2.30. The van der Waals surface area contributed by atoms with Gasteiger partial charge in [0, 0.05) is 17.8 Å². The highest BCUT2D eigenvalue weighted by molar-refractivity contribution is 5.81. The molecule has 0 saturated carbocycles. The van der Waals surface area contributed by atoms with Gasteiger partial charge in [0.2, 0.25) is 0 Å². The molecule has 1 aromatic carbocycles. The van der Waals surface area contributed by atoms with Gasteiger partial charge in [0.15, 0.2) is 0 Å². The summed E-state index contributed by atoms with van der Waals surface area (Å²) in [4.78, 5) is 4.15. The predicted octanol–water partition coefficient (Wildman–Crippen LogP) is 2.78. The molecule has 1 fully saturated rings. The van der Waals surface area contributed by atoms with Crippen LogP contribution in [-0.4, -0.2) is 18.1 Å². The molecule has 3 rings (SSSR count). The summed E-state index contributed by atoms with van der Waals surface area (Å²) in [6.45, 7) is 2.37. The Bertz CT molecular complexity index is 501. The lowest BCUT2D eigenvalue weighted by molar-refractivity contribution is 0.376. The van der Waals surface area contributed by atoms with Crippen LogP contribution in [0.3, 0.4) is 0 Å². The zero-order valence-corrected chi connectivity index (χ0v) is 10.0. The van der Waals surface area contributed by atoms with Gasteiger partial charge >= 0.3 is 0 Å². The van der Waals surface area contributed by atoms with Crippen LogP contribution in [0.4, 0.5) is 0 Å². The van der Waals surface area contributed by atoms with E-state index in [9.17, 15) is 0 Å². The maximum absolute atomic E-state index is 4.15. The second-order valence-electron chi connectivity index (χ2n) is 4.97. The molecule has 1 aliphatic heterocycles. The molecular formula is C15H18N2. The number of hydrogen-bond donors (Lipinski definition) is 1. The molecule has 0 aliphatic carbocycles. The number of benzene rings is 1. The van der Waals surface area contributed by atoms with Crippen molar-refractivity contribution in [3.05, 3.63) is 42.2 Å². The minimum Gasteiger partial charge on any atom is -0.316 e. The number of aromatic nitrogens is 1. The third kappa shape index (κ3) is 2.47. The van der Waals surface area contributed by atoms with Gasteiger partial charge in [0.25, 0.3) is 0 Å². The third-order valence-electron chi connectivity index (χ3n) is 3.63. The third-order valence-corrected chi connectivity index (χ3v) is 3.63. The number of hydrogen-bond acceptors (Lipinski definition) is 2. The normalized spacial score (nSPS) is 20.6. The van der Waals surface area contributed by atoms with Crippen molar-refractivity contribution in [3.63, 3.8) is 0 Å². The van der Waals surface area contributed by atoms with Crippen LogP contribution in [0.25, 0.3) is 10.8 Å². The van der Waals surface area contributed by atoms with E-state index in [0.29, 0.717) is 0 Å². The highest BCUT2D eigenvalue weighted by Crippen LogP contribution is 2.20. The lowest BCUT2D eigenvalue weighted by atomic mass is 9.92. The van der Waals surface area contributed by atoms with Gasteiger partial charge < -0.3 is 5.32 Å². The minimum absolute atomic E-state index is 0.808. The van der Waals surface area contributed by atoms with Crippen molar-refractivity contribution in [1.82, 2.24) is 10.3 Å². The van der Waals surface area contributed by atoms with Gasteiger partial charge in [-0.1, -0.05) is 18.2 Å². The Kier molecular flexibility index (Phi) is 3.06. The molecule has 88 valence electrons. The molecule has 1 aromatic heterocycles. The standard InChI is InChI=1S/C15H18N2/c1-2-13(10-16-6-1)8-12-3-4-15-11-17-7-5-14(15)9-12/h3-5,7,9,11,13,16H,1-2,6,8,10H2. The molecule has 1 unspecified atom stereocenters. The van der Waals surface area contributed by atoms with Crippen molar-refractivity contribution in [2.24, 2.45) is 5.92 Å². The van der Waals surface area contributed by atoms with E-state index < -0.39 is 0 Å². The summed E-state index contributed by atoms with van der Waals surface area (Å²) in [5, 5.41) is 6.02. The summed E-state index contributed by atoms with van der Waals surface area (Å²) in [5.74, 6) is 0.808. The van der Waals surface area contributed by atoms with Crippen LogP contribution in [0, 0.1) is 5.92 Å². The van der Waals surface area contributed by atoms with Crippen molar-refractivity contribution in [2.75, 3.05) is 13.1 Å². The molecule has 1 N–H and O–H groups in total. The van der Waals surface area contributed by atoms with Gasteiger partial charge in [-0.2, -0.15) is 0 Å². The molecule has 0 amide bonds. The molecule has 1 atom stereocenters. The average molecular weight is 226 g/mol. The maximum Gasteiger partial charge on any atom is 0.0346 e. The second kappa shape index (κ2) is 4.84. The Hall–Kier alpha value is -1.41. The smallest absolute Gasteiger partial charge is 0.0346 e. The quantitative estimate of drug-likeness (QED) is 0.851. The van der Waals surface area contributed by atoms with Crippen LogP contribution in [-0.2, 0) is 6.42 Å². The molecule has 2 heterocycles. The van der Waals surface area contributed by atoms with Crippen LogP contribution >= 0.6 is 0 Å². The van der Waals surface area contributed by atoms with E-state index in [2.05, 4.69) is 34.6 Å². The van der Waals surface area contributed by atoms with Crippen molar-refractivity contribution in [3.8, 4) is 0 Å². The summed E-state index contributed by atoms with van der Waals surface area (Å²) in [6, 6.07) is 8.84. The van der Waals surface area contributed by atoms with Crippen molar-refractivity contribution in [2.45, 2.75) is 19.3 Å². The van der Waals surface area contributed by atoms with E-state index in [-0.39, 0.29) is 0 Å². The van der Waals surface area contributed by atoms with Crippen molar-refractivity contribution in [1.29, 1.82) is 0 Å². The highest BCUT2D eigenvalue weighted by atomic mass is 14.9. The number of fused-ring (bicyclic) bond motifs is 1. The van der Waals surface area contributed by atoms with Gasteiger partial charge in [-0.3, -0.25) is 4.98 Å². The molecule has 0 spiro atoms. The molecule has 1 aliphatic rings. The Morgan fingerprint density at radius 2 is 2.24 bits per heavy atom. The fraction of sp³-hybridized carbons (Fsp3) is 0.400. The molecule has 0 radical (unpaired) electrons. The Morgan fingerprint density at radius 1 is 1.24 bits per heavy atom. The average Bonchev–Trinajstić information content (AvgIpc) is 2.40. The van der Waals surface area contributed by atoms with Crippen LogP contribution in [0.2, 0.25) is 0 Å². The largest absolute Gasteiger partial charge is 0.316 e. The Labute approximate surface area is 102 Å². The zero-order chi connectivity index (χ0) is 11.5. The van der Waals surface area contributed by atoms with E-state index in [1.165, 1.54) is 48.7 Å². The summed E-state index contributed by atoms with van der Waals surface area (Å²) in [6.07, 6.45) is 7.68. The van der Waals surface area contributed by atoms with Crippen molar-refractivity contribution < 1.29 is 0 Å². The molecule has 17 heavy (non-hydrogen) atoms. The van der Waals surface area contributed by atoms with E-state index in [4.69, 9.17) is 0 Å². The second-order valence-corrected chi connectivity index (χ2v) is 4.97. The van der Waals surface area contributed by atoms with Gasteiger partial charge in [-0.25, -0.2) is 0 Å². The van der Waals surface area contributed by atoms with Gasteiger partial charge in [0.05, 0.1) is 0 Å². The summed E-state index contributed by atoms with van der Waals surface area (Å²) >= 11 is 0. The van der Waals surface area contributed by atoms with E-state index in [1.807, 2.05) is 12.4 Å². The van der Waals surface area contributed by atoms with Crippen LogP contribution in [0.5, 0.6) is 0 Å². The number of pyridine rings is 1. The lowest BCUT2D eigenvalue weighted by Gasteiger charge is -2.22. The Morgan fingerprint density at radius 3 is 3.12 bits per heavy atom. The molecule has 1 saturated heterocycles. The maximum atomic E-state index is 4.15. The monoisotopic (exact) mass is 226 g/mol. The molecular weight excluding hydrogens is 208 g/mol. The minimum atomic E-state index is 0.808. The number of nitrogens with zero attached hydrogens (tertiary/aromatic N) is 1. The molecule has 2 heteroatoms. The van der Waals surface area contributed by atoms with Gasteiger partial charge in [-0.15, -0.1) is 0 Å². The first-order chi connectivity index (χ1) is 8.42. The van der Waals surface area contributed by atoms with Crippen LogP contribution in [0.15, 0.2) is 36.7 Å². The number of nitrogens with one attached hydrogen (secondary N) is 1. The van der Waals surface area contributed by atoms with Crippen LogP contribution < -0.4 is 5.32 Å². The summed E-state index contributed by atoms with van der Waals surface area (Å²) in [7, 11) is 0. The zero-order valence-electron chi connectivity index (χ0n) is 10.0. The van der Waals surface area contributed by atoms with E-state index in [0.717, 1.165) is 5.92 Å². The van der Waals surface area contributed by atoms with Gasteiger partial charge in [-0.05, 0) is 55.3 Å². The SMILES string of the molecule is c1cc2cc(CC3CCCNC3)ccc2cn1. The predicted molar refractivity (Wildman–Crippen MR) is 71.0 cm³/mol. The first kappa shape index (κ1) is 10.7. The number of piperidine rings is 1. The molecule has 2 aromatic rings. The summed E-state index contributed by atoms with van der Waals surface area (Å²) in [5.41, 5.74) is 1.46. The highest BCUT2D eigenvalue weighted by Gasteiger charge is 2.13.